The van der Waals surface area contributed by atoms with Crippen molar-refractivity contribution in [2.45, 2.75) is 12.8 Å². The SMILES string of the molecule is O=C(NCCCc1nc2ccccc2s1)c1cc([N+](=O)[O-])ccc1Cl. The molecule has 1 heterocycles. The molecule has 0 saturated heterocycles. The fourth-order valence-corrected chi connectivity index (χ4v) is 3.58. The molecule has 2 aromatic carbocycles. The molecule has 0 atom stereocenters. The Labute approximate surface area is 152 Å². The van der Waals surface area contributed by atoms with E-state index in [1.165, 1.54) is 18.2 Å². The summed E-state index contributed by atoms with van der Waals surface area (Å²) in [5, 5.41) is 14.8. The van der Waals surface area contributed by atoms with Crippen LogP contribution in [0.5, 0.6) is 0 Å². The second-order valence-corrected chi connectivity index (χ2v) is 6.88. The first-order valence-corrected chi connectivity index (χ1v) is 8.80. The number of fused-ring (bicyclic) bond motifs is 1. The number of aromatic nitrogens is 1. The maximum atomic E-state index is 12.2. The van der Waals surface area contributed by atoms with Crippen LogP contribution in [-0.2, 0) is 6.42 Å². The van der Waals surface area contributed by atoms with E-state index in [1.807, 2.05) is 24.3 Å². The van der Waals surface area contributed by atoms with Crippen LogP contribution >= 0.6 is 22.9 Å². The van der Waals surface area contributed by atoms with E-state index in [-0.39, 0.29) is 16.3 Å². The summed E-state index contributed by atoms with van der Waals surface area (Å²) in [4.78, 5) is 27.0. The number of nitrogens with zero attached hydrogens (tertiary/aromatic N) is 2. The van der Waals surface area contributed by atoms with E-state index >= 15 is 0 Å². The molecule has 0 saturated carbocycles. The van der Waals surface area contributed by atoms with E-state index in [9.17, 15) is 14.9 Å². The molecule has 3 rings (SSSR count). The van der Waals surface area contributed by atoms with Gasteiger partial charge in [-0.25, -0.2) is 4.98 Å². The lowest BCUT2D eigenvalue weighted by molar-refractivity contribution is -0.384. The lowest BCUT2D eigenvalue weighted by Gasteiger charge is -2.06. The highest BCUT2D eigenvalue weighted by Crippen LogP contribution is 2.23. The standard InChI is InChI=1S/C17H14ClN3O3S/c18-13-8-7-11(21(23)24)10-12(13)17(22)19-9-3-6-16-20-14-4-1-2-5-15(14)25-16/h1-2,4-5,7-8,10H,3,6,9H2,(H,19,22). The molecule has 1 N–H and O–H groups in total. The predicted molar refractivity (Wildman–Crippen MR) is 98.4 cm³/mol. The second kappa shape index (κ2) is 7.58. The van der Waals surface area contributed by atoms with Gasteiger partial charge in [-0.1, -0.05) is 23.7 Å². The summed E-state index contributed by atoms with van der Waals surface area (Å²) in [5.41, 5.74) is 0.926. The number of hydrogen-bond donors (Lipinski definition) is 1. The Kier molecular flexibility index (Phi) is 5.25. The van der Waals surface area contributed by atoms with Gasteiger partial charge in [-0.2, -0.15) is 0 Å². The van der Waals surface area contributed by atoms with Crippen LogP contribution in [0.3, 0.4) is 0 Å². The Hall–Kier alpha value is -2.51. The fourth-order valence-electron chi connectivity index (χ4n) is 2.36. The van der Waals surface area contributed by atoms with Gasteiger partial charge in [-0.15, -0.1) is 11.3 Å². The van der Waals surface area contributed by atoms with Gasteiger partial charge in [-0.3, -0.25) is 14.9 Å². The first kappa shape index (κ1) is 17.3. The maximum Gasteiger partial charge on any atom is 0.270 e. The van der Waals surface area contributed by atoms with Gasteiger partial charge in [0, 0.05) is 25.1 Å². The number of aryl methyl sites for hydroxylation is 1. The average Bonchev–Trinajstić information content (AvgIpc) is 3.01. The highest BCUT2D eigenvalue weighted by molar-refractivity contribution is 7.18. The predicted octanol–water partition coefficient (Wildman–Crippen LogP) is 4.22. The molecule has 0 aliphatic heterocycles. The summed E-state index contributed by atoms with van der Waals surface area (Å²) in [6.07, 6.45) is 1.47. The van der Waals surface area contributed by atoms with Crippen molar-refractivity contribution in [1.29, 1.82) is 0 Å². The number of amides is 1. The molecule has 0 radical (unpaired) electrons. The minimum absolute atomic E-state index is 0.107. The number of non-ortho nitro benzene ring substituents is 1. The maximum absolute atomic E-state index is 12.2. The molecule has 6 nitrogen and oxygen atoms in total. The number of nitrogens with one attached hydrogen (secondary N) is 1. The van der Waals surface area contributed by atoms with Crippen molar-refractivity contribution in [2.24, 2.45) is 0 Å². The monoisotopic (exact) mass is 375 g/mol. The molecule has 25 heavy (non-hydrogen) atoms. The summed E-state index contributed by atoms with van der Waals surface area (Å²) in [7, 11) is 0. The van der Waals surface area contributed by atoms with Crippen molar-refractivity contribution in [2.75, 3.05) is 6.54 Å². The summed E-state index contributed by atoms with van der Waals surface area (Å²) < 4.78 is 1.14. The highest BCUT2D eigenvalue weighted by atomic mass is 35.5. The van der Waals surface area contributed by atoms with Gasteiger partial charge in [0.15, 0.2) is 0 Å². The number of halogens is 1. The van der Waals surface area contributed by atoms with Crippen LogP contribution in [-0.4, -0.2) is 22.4 Å². The molecule has 0 spiro atoms. The molecule has 1 aromatic heterocycles. The van der Waals surface area contributed by atoms with Gasteiger partial charge in [0.2, 0.25) is 0 Å². The zero-order valence-electron chi connectivity index (χ0n) is 13.1. The van der Waals surface area contributed by atoms with Gasteiger partial charge < -0.3 is 5.32 Å². The highest BCUT2D eigenvalue weighted by Gasteiger charge is 2.15. The van der Waals surface area contributed by atoms with Gasteiger partial charge in [0.05, 0.1) is 30.7 Å². The molecule has 3 aromatic rings. The Morgan fingerprint density at radius 1 is 1.28 bits per heavy atom. The Morgan fingerprint density at radius 3 is 2.84 bits per heavy atom. The number of carbonyl (C=O) groups is 1. The van der Waals surface area contributed by atoms with E-state index in [0.29, 0.717) is 6.54 Å². The minimum atomic E-state index is -0.555. The van der Waals surface area contributed by atoms with Crippen molar-refractivity contribution < 1.29 is 9.72 Å². The van der Waals surface area contributed by atoms with Crippen molar-refractivity contribution in [3.63, 3.8) is 0 Å². The van der Waals surface area contributed by atoms with Gasteiger partial charge in [-0.05, 0) is 24.6 Å². The Bertz CT molecular complexity index is 909. The molecule has 0 aliphatic carbocycles. The van der Waals surface area contributed by atoms with Crippen LogP contribution in [0.1, 0.15) is 21.8 Å². The Morgan fingerprint density at radius 2 is 2.08 bits per heavy atom. The number of benzene rings is 2. The van der Waals surface area contributed by atoms with Crippen LogP contribution in [0.25, 0.3) is 10.2 Å². The van der Waals surface area contributed by atoms with E-state index in [0.717, 1.165) is 28.1 Å². The van der Waals surface area contributed by atoms with E-state index in [4.69, 9.17) is 11.6 Å². The minimum Gasteiger partial charge on any atom is -0.352 e. The van der Waals surface area contributed by atoms with E-state index in [2.05, 4.69) is 10.3 Å². The molecule has 0 aliphatic rings. The molecule has 0 unspecified atom stereocenters. The molecular weight excluding hydrogens is 362 g/mol. The molecular formula is C17H14ClN3O3S. The summed E-state index contributed by atoms with van der Waals surface area (Å²) in [6, 6.07) is 11.7. The molecule has 0 bridgehead atoms. The quantitative estimate of drug-likeness (QED) is 0.397. The molecule has 8 heteroatoms. The van der Waals surface area contributed by atoms with Crippen molar-refractivity contribution in [1.82, 2.24) is 10.3 Å². The number of para-hydroxylation sites is 1. The number of nitro benzene ring substituents is 1. The van der Waals surface area contributed by atoms with Gasteiger partial charge in [0.25, 0.3) is 11.6 Å². The first-order valence-electron chi connectivity index (χ1n) is 7.61. The van der Waals surface area contributed by atoms with Crippen molar-refractivity contribution in [3.05, 3.63) is 68.2 Å². The number of hydrogen-bond acceptors (Lipinski definition) is 5. The normalized spacial score (nSPS) is 10.8. The summed E-state index contributed by atoms with van der Waals surface area (Å²) >= 11 is 7.60. The topological polar surface area (TPSA) is 85.1 Å². The molecule has 128 valence electrons. The molecule has 1 amide bonds. The van der Waals surface area contributed by atoms with Crippen LogP contribution < -0.4 is 5.32 Å². The van der Waals surface area contributed by atoms with Crippen LogP contribution in [0.2, 0.25) is 5.02 Å². The zero-order chi connectivity index (χ0) is 17.8. The van der Waals surface area contributed by atoms with Gasteiger partial charge >= 0.3 is 0 Å². The van der Waals surface area contributed by atoms with Crippen molar-refractivity contribution in [3.8, 4) is 0 Å². The average molecular weight is 376 g/mol. The van der Waals surface area contributed by atoms with Crippen molar-refractivity contribution >= 4 is 44.7 Å². The lowest BCUT2D eigenvalue weighted by atomic mass is 10.2. The first-order chi connectivity index (χ1) is 12.0. The molecule has 0 fully saturated rings. The lowest BCUT2D eigenvalue weighted by Crippen LogP contribution is -2.25. The van der Waals surface area contributed by atoms with E-state index in [1.54, 1.807) is 11.3 Å². The van der Waals surface area contributed by atoms with Gasteiger partial charge in [0.1, 0.15) is 0 Å². The zero-order valence-corrected chi connectivity index (χ0v) is 14.6. The van der Waals surface area contributed by atoms with E-state index < -0.39 is 10.8 Å². The van der Waals surface area contributed by atoms with Crippen LogP contribution in [0.15, 0.2) is 42.5 Å². The fraction of sp³-hybridized carbons (Fsp3) is 0.176. The number of rotatable bonds is 6. The Balaban J connectivity index is 1.56. The third kappa shape index (κ3) is 4.12. The van der Waals surface area contributed by atoms with Crippen LogP contribution in [0, 0.1) is 10.1 Å². The number of nitro groups is 1. The number of thiazole rings is 1. The largest absolute Gasteiger partial charge is 0.352 e. The third-order valence-corrected chi connectivity index (χ3v) is 5.02. The summed E-state index contributed by atoms with van der Waals surface area (Å²) in [5.74, 6) is -0.419. The third-order valence-electron chi connectivity index (χ3n) is 3.60. The smallest absolute Gasteiger partial charge is 0.270 e. The van der Waals surface area contributed by atoms with Crippen LogP contribution in [0.4, 0.5) is 5.69 Å². The number of carbonyl (C=O) groups excluding carboxylic acids is 1. The second-order valence-electron chi connectivity index (χ2n) is 5.36. The summed E-state index contributed by atoms with van der Waals surface area (Å²) in [6.45, 7) is 0.438.